The summed E-state index contributed by atoms with van der Waals surface area (Å²) in [7, 11) is 0. The van der Waals surface area contributed by atoms with Crippen molar-refractivity contribution >= 4 is 17.4 Å². The first-order valence-corrected chi connectivity index (χ1v) is 9.01. The topological polar surface area (TPSA) is 128 Å². The van der Waals surface area contributed by atoms with Gasteiger partial charge in [-0.2, -0.15) is 0 Å². The van der Waals surface area contributed by atoms with Crippen molar-refractivity contribution in [3.8, 4) is 5.82 Å². The lowest BCUT2D eigenvalue weighted by atomic mass is 10.0. The quantitative estimate of drug-likeness (QED) is 0.452. The van der Waals surface area contributed by atoms with Gasteiger partial charge in [-0.05, 0) is 50.1 Å². The van der Waals surface area contributed by atoms with Crippen LogP contribution in [0.2, 0.25) is 0 Å². The Bertz CT molecular complexity index is 1160. The fraction of sp³-hybridized carbons (Fsp3) is 0.200. The van der Waals surface area contributed by atoms with Crippen LogP contribution >= 0.6 is 0 Å². The molecule has 0 fully saturated rings. The van der Waals surface area contributed by atoms with Crippen LogP contribution in [0.5, 0.6) is 0 Å². The van der Waals surface area contributed by atoms with Gasteiger partial charge in [-0.15, -0.1) is 0 Å². The van der Waals surface area contributed by atoms with Crippen LogP contribution in [0.3, 0.4) is 0 Å². The number of nitrogens with zero attached hydrogens (tertiary/aromatic N) is 4. The van der Waals surface area contributed by atoms with E-state index in [0.717, 1.165) is 5.69 Å². The number of amidine groups is 1. The molecule has 0 atom stereocenters. The van der Waals surface area contributed by atoms with E-state index in [-0.39, 0.29) is 23.0 Å². The van der Waals surface area contributed by atoms with E-state index < -0.39 is 0 Å². The van der Waals surface area contributed by atoms with Gasteiger partial charge < -0.3 is 11.5 Å². The Morgan fingerprint density at radius 3 is 2.48 bits per heavy atom. The van der Waals surface area contributed by atoms with E-state index in [1.807, 2.05) is 13.8 Å². The van der Waals surface area contributed by atoms with Gasteiger partial charge in [-0.3, -0.25) is 9.89 Å². The second-order valence-corrected chi connectivity index (χ2v) is 6.49. The molecule has 0 unspecified atom stereocenters. The molecule has 5 N–H and O–H groups in total. The second kappa shape index (κ2) is 8.09. The van der Waals surface area contributed by atoms with E-state index in [4.69, 9.17) is 11.5 Å². The van der Waals surface area contributed by atoms with Crippen LogP contribution in [-0.2, 0) is 0 Å². The molecule has 0 bridgehead atoms. The third-order valence-electron chi connectivity index (χ3n) is 4.61. The summed E-state index contributed by atoms with van der Waals surface area (Å²) in [6.45, 7) is 5.44. The van der Waals surface area contributed by atoms with Crippen molar-refractivity contribution in [3.05, 3.63) is 75.2 Å². The van der Waals surface area contributed by atoms with Crippen LogP contribution in [0.4, 0.5) is 10.2 Å². The van der Waals surface area contributed by atoms with Crippen molar-refractivity contribution in [3.63, 3.8) is 0 Å². The zero-order valence-electron chi connectivity index (χ0n) is 16.4. The maximum Gasteiger partial charge on any atom is 0.275 e. The van der Waals surface area contributed by atoms with Gasteiger partial charge in [0.25, 0.3) is 5.56 Å². The van der Waals surface area contributed by atoms with Crippen LogP contribution in [0, 0.1) is 19.7 Å². The largest absolute Gasteiger partial charge is 0.398 e. The highest BCUT2D eigenvalue weighted by molar-refractivity contribution is 6.04. The van der Waals surface area contributed by atoms with Gasteiger partial charge in [0.05, 0.1) is 0 Å². The maximum atomic E-state index is 13.2. The molecule has 2 aromatic heterocycles. The van der Waals surface area contributed by atoms with Gasteiger partial charge >= 0.3 is 0 Å². The summed E-state index contributed by atoms with van der Waals surface area (Å²) < 4.78 is 14.5. The lowest BCUT2D eigenvalue weighted by Gasteiger charge is -2.10. The molecule has 0 aliphatic carbocycles. The van der Waals surface area contributed by atoms with Crippen LogP contribution in [0.15, 0.2) is 52.0 Å². The second-order valence-electron chi connectivity index (χ2n) is 6.49. The summed E-state index contributed by atoms with van der Waals surface area (Å²) in [4.78, 5) is 24.9. The van der Waals surface area contributed by atoms with E-state index in [1.165, 1.54) is 23.1 Å². The molecule has 150 valence electrons. The summed E-state index contributed by atoms with van der Waals surface area (Å²) >= 11 is 0. The first-order chi connectivity index (χ1) is 13.8. The number of rotatable bonds is 5. The van der Waals surface area contributed by atoms with Crippen molar-refractivity contribution in [2.75, 3.05) is 0 Å². The van der Waals surface area contributed by atoms with E-state index >= 15 is 0 Å². The highest BCUT2D eigenvalue weighted by atomic mass is 19.1. The minimum Gasteiger partial charge on any atom is -0.398 e. The molecule has 9 heteroatoms. The number of halogens is 1. The number of hydrogen-bond acceptors (Lipinski definition) is 5. The Kier molecular flexibility index (Phi) is 5.58. The molecular formula is C20H22FN7O. The molecule has 29 heavy (non-hydrogen) atoms. The molecule has 0 aliphatic heterocycles. The molecule has 0 saturated carbocycles. The van der Waals surface area contributed by atoms with Crippen LogP contribution in [-0.4, -0.2) is 25.6 Å². The number of aromatic amines is 1. The third-order valence-corrected chi connectivity index (χ3v) is 4.61. The normalized spacial score (nSPS) is 12.8. The average Bonchev–Trinajstić information content (AvgIpc) is 2.96. The van der Waals surface area contributed by atoms with Crippen molar-refractivity contribution in [1.29, 1.82) is 0 Å². The minimum absolute atomic E-state index is 0.185. The van der Waals surface area contributed by atoms with Crippen molar-refractivity contribution in [2.45, 2.75) is 27.2 Å². The molecule has 3 aromatic rings. The Morgan fingerprint density at radius 1 is 1.21 bits per heavy atom. The third kappa shape index (κ3) is 4.08. The van der Waals surface area contributed by atoms with Crippen molar-refractivity contribution in [1.82, 2.24) is 19.7 Å². The minimum atomic E-state index is -0.347. The molecule has 0 aliphatic rings. The lowest BCUT2D eigenvalue weighted by molar-refractivity contribution is 0.627. The summed E-state index contributed by atoms with van der Waals surface area (Å²) in [6.07, 6.45) is 1.82. The molecule has 1 aromatic carbocycles. The Hall–Kier alpha value is -3.75. The SMILES string of the molecule is CC/C(C(N)=Nc1cc(-n2[nH]c(C)c(C)c2=O)ncn1)=C(/N)c1ccc(F)cc1. The van der Waals surface area contributed by atoms with Gasteiger partial charge in [-0.25, -0.2) is 24.0 Å². The van der Waals surface area contributed by atoms with Gasteiger partial charge in [0.2, 0.25) is 0 Å². The molecule has 0 amide bonds. The van der Waals surface area contributed by atoms with Crippen LogP contribution < -0.4 is 17.0 Å². The predicted molar refractivity (Wildman–Crippen MR) is 111 cm³/mol. The molecule has 3 rings (SSSR count). The predicted octanol–water partition coefficient (Wildman–Crippen LogP) is 2.48. The number of H-pyrrole nitrogens is 1. The van der Waals surface area contributed by atoms with Crippen molar-refractivity contribution in [2.24, 2.45) is 16.5 Å². The molecule has 0 spiro atoms. The first kappa shape index (κ1) is 20.0. The molecule has 0 saturated heterocycles. The summed E-state index contributed by atoms with van der Waals surface area (Å²) in [5.41, 5.74) is 15.2. The highest BCUT2D eigenvalue weighted by Crippen LogP contribution is 2.19. The fourth-order valence-corrected chi connectivity index (χ4v) is 2.82. The van der Waals surface area contributed by atoms with Crippen molar-refractivity contribution < 1.29 is 4.39 Å². The van der Waals surface area contributed by atoms with E-state index in [1.54, 1.807) is 25.1 Å². The van der Waals surface area contributed by atoms with Gasteiger partial charge in [-0.1, -0.05) is 6.92 Å². The number of aliphatic imine (C=N–C) groups is 1. The number of benzene rings is 1. The number of nitrogens with one attached hydrogen (secondary N) is 1. The van der Waals surface area contributed by atoms with E-state index in [9.17, 15) is 9.18 Å². The first-order valence-electron chi connectivity index (χ1n) is 9.01. The smallest absolute Gasteiger partial charge is 0.275 e. The summed E-state index contributed by atoms with van der Waals surface area (Å²) in [5, 5.41) is 2.96. The van der Waals surface area contributed by atoms with Gasteiger partial charge in [0.15, 0.2) is 11.6 Å². The standard InChI is InChI=1S/C20H22FN7O/c1-4-15(18(22)13-5-7-14(21)8-6-13)19(23)26-16-9-17(25-10-24-16)28-20(29)11(2)12(3)27-28/h5-10,27H,4,22H2,1-3H3,(H2,23,24,25,26)/b18-15-. The van der Waals surface area contributed by atoms with Gasteiger partial charge in [0.1, 0.15) is 18.0 Å². The van der Waals surface area contributed by atoms with Gasteiger partial charge in [0, 0.05) is 28.6 Å². The number of aryl methyl sites for hydroxylation is 1. The van der Waals surface area contributed by atoms with E-state index in [0.29, 0.717) is 34.6 Å². The Morgan fingerprint density at radius 2 is 1.90 bits per heavy atom. The maximum absolute atomic E-state index is 13.2. The molecule has 2 heterocycles. The number of nitrogens with two attached hydrogens (primary N) is 2. The average molecular weight is 395 g/mol. The zero-order chi connectivity index (χ0) is 21.1. The number of aromatic nitrogens is 4. The highest BCUT2D eigenvalue weighted by Gasteiger charge is 2.12. The molecule has 8 nitrogen and oxygen atoms in total. The van der Waals surface area contributed by atoms with E-state index in [2.05, 4.69) is 20.1 Å². The molecule has 0 radical (unpaired) electrons. The summed E-state index contributed by atoms with van der Waals surface area (Å²) in [6, 6.07) is 7.37. The van der Waals surface area contributed by atoms with Crippen LogP contribution in [0.25, 0.3) is 11.5 Å². The fourth-order valence-electron chi connectivity index (χ4n) is 2.82. The molecular weight excluding hydrogens is 373 g/mol. The lowest BCUT2D eigenvalue weighted by Crippen LogP contribution is -2.19. The number of hydrogen-bond donors (Lipinski definition) is 3. The Balaban J connectivity index is 2.00. The Labute approximate surface area is 166 Å². The monoisotopic (exact) mass is 395 g/mol. The van der Waals surface area contributed by atoms with Crippen LogP contribution in [0.1, 0.15) is 30.2 Å². The zero-order valence-corrected chi connectivity index (χ0v) is 16.4. The summed E-state index contributed by atoms with van der Waals surface area (Å²) in [5.74, 6) is 0.466.